The van der Waals surface area contributed by atoms with E-state index in [9.17, 15) is 4.79 Å². The van der Waals surface area contributed by atoms with Gasteiger partial charge < -0.3 is 4.90 Å². The maximum absolute atomic E-state index is 12.5. The van der Waals surface area contributed by atoms with Gasteiger partial charge >= 0.3 is 0 Å². The van der Waals surface area contributed by atoms with Crippen molar-refractivity contribution >= 4 is 27.5 Å². The molecule has 1 unspecified atom stereocenters. The van der Waals surface area contributed by atoms with E-state index in [1.165, 1.54) is 10.3 Å². The summed E-state index contributed by atoms with van der Waals surface area (Å²) in [7, 11) is 1.83. The number of benzene rings is 1. The van der Waals surface area contributed by atoms with Gasteiger partial charge in [0, 0.05) is 45.5 Å². The summed E-state index contributed by atoms with van der Waals surface area (Å²) in [5.41, 5.74) is 4.91. The van der Waals surface area contributed by atoms with Crippen molar-refractivity contribution in [1.82, 2.24) is 24.6 Å². The smallest absolute Gasteiger partial charge is 0.257 e. The second-order valence-electron chi connectivity index (χ2n) is 6.49. The first-order valence-corrected chi connectivity index (χ1v) is 9.35. The lowest BCUT2D eigenvalue weighted by Gasteiger charge is -2.38. The molecular formula is C18H21N5OS. The van der Waals surface area contributed by atoms with Crippen LogP contribution in [0.1, 0.15) is 28.9 Å². The minimum Gasteiger partial charge on any atom is -0.336 e. The van der Waals surface area contributed by atoms with E-state index >= 15 is 0 Å². The first-order valence-electron chi connectivity index (χ1n) is 8.47. The maximum atomic E-state index is 12.5. The topological polar surface area (TPSA) is 54.3 Å². The summed E-state index contributed by atoms with van der Waals surface area (Å²) in [4.78, 5) is 21.3. The molecule has 1 aliphatic heterocycles. The molecule has 1 fully saturated rings. The SMILES string of the molecule is CC(c1ccc2scnc2c1)N1CCN(C(=O)c2cnn(C)c2)CC1. The predicted octanol–water partition coefficient (Wildman–Crippen LogP) is 2.55. The lowest BCUT2D eigenvalue weighted by atomic mass is 10.1. The molecule has 0 N–H and O–H groups in total. The Hall–Kier alpha value is -2.25. The molecule has 130 valence electrons. The number of thiazole rings is 1. The Morgan fingerprint density at radius 1 is 1.24 bits per heavy atom. The number of carbonyl (C=O) groups is 1. The van der Waals surface area contributed by atoms with Crippen molar-refractivity contribution in [2.24, 2.45) is 7.05 Å². The van der Waals surface area contributed by atoms with Gasteiger partial charge in [-0.25, -0.2) is 4.98 Å². The van der Waals surface area contributed by atoms with Crippen LogP contribution in [-0.4, -0.2) is 56.7 Å². The lowest BCUT2D eigenvalue weighted by Crippen LogP contribution is -2.49. The van der Waals surface area contributed by atoms with E-state index in [1.807, 2.05) is 17.5 Å². The van der Waals surface area contributed by atoms with Crippen molar-refractivity contribution in [2.75, 3.05) is 26.2 Å². The number of nitrogens with zero attached hydrogens (tertiary/aromatic N) is 5. The molecule has 0 aliphatic carbocycles. The van der Waals surface area contributed by atoms with Gasteiger partial charge in [0.2, 0.25) is 0 Å². The normalized spacial score (nSPS) is 17.1. The molecule has 7 heteroatoms. The standard InChI is InChI=1S/C18H21N5OS/c1-13(14-3-4-17-16(9-14)19-12-25-17)22-5-7-23(8-6-22)18(24)15-10-20-21(2)11-15/h3-4,9-13H,5-8H2,1-2H3. The Morgan fingerprint density at radius 3 is 2.76 bits per heavy atom. The van der Waals surface area contributed by atoms with Crippen LogP contribution in [0.5, 0.6) is 0 Å². The van der Waals surface area contributed by atoms with Gasteiger partial charge in [-0.05, 0) is 24.6 Å². The molecule has 1 atom stereocenters. The molecule has 0 radical (unpaired) electrons. The Kier molecular flexibility index (Phi) is 4.27. The zero-order valence-corrected chi connectivity index (χ0v) is 15.2. The monoisotopic (exact) mass is 355 g/mol. The third-order valence-electron chi connectivity index (χ3n) is 4.94. The molecular weight excluding hydrogens is 334 g/mol. The summed E-state index contributed by atoms with van der Waals surface area (Å²) in [6.45, 7) is 5.48. The van der Waals surface area contributed by atoms with E-state index < -0.39 is 0 Å². The van der Waals surface area contributed by atoms with Crippen molar-refractivity contribution in [1.29, 1.82) is 0 Å². The average Bonchev–Trinajstić information content (AvgIpc) is 3.28. The fraction of sp³-hybridized carbons (Fsp3) is 0.389. The highest BCUT2D eigenvalue weighted by Crippen LogP contribution is 2.26. The van der Waals surface area contributed by atoms with Gasteiger partial charge in [-0.3, -0.25) is 14.4 Å². The van der Waals surface area contributed by atoms with Crippen molar-refractivity contribution in [3.05, 3.63) is 47.2 Å². The molecule has 1 aliphatic rings. The highest BCUT2D eigenvalue weighted by Gasteiger charge is 2.26. The number of hydrogen-bond donors (Lipinski definition) is 0. The van der Waals surface area contributed by atoms with Gasteiger partial charge in [-0.1, -0.05) is 6.07 Å². The van der Waals surface area contributed by atoms with Gasteiger partial charge in [0.15, 0.2) is 0 Å². The molecule has 2 aromatic heterocycles. The summed E-state index contributed by atoms with van der Waals surface area (Å²) in [6.07, 6.45) is 3.42. The molecule has 1 aromatic carbocycles. The number of fused-ring (bicyclic) bond motifs is 1. The lowest BCUT2D eigenvalue weighted by molar-refractivity contribution is 0.0582. The third-order valence-corrected chi connectivity index (χ3v) is 5.75. The summed E-state index contributed by atoms with van der Waals surface area (Å²) >= 11 is 1.67. The van der Waals surface area contributed by atoms with Crippen LogP contribution in [0.4, 0.5) is 0 Å². The number of rotatable bonds is 3. The average molecular weight is 355 g/mol. The molecule has 0 saturated carbocycles. The largest absolute Gasteiger partial charge is 0.336 e. The molecule has 1 amide bonds. The van der Waals surface area contributed by atoms with Crippen LogP contribution >= 0.6 is 11.3 Å². The number of aryl methyl sites for hydroxylation is 1. The van der Waals surface area contributed by atoms with E-state index in [-0.39, 0.29) is 5.91 Å². The first kappa shape index (κ1) is 16.2. The van der Waals surface area contributed by atoms with E-state index in [0.717, 1.165) is 31.7 Å². The summed E-state index contributed by atoms with van der Waals surface area (Å²) in [5, 5.41) is 4.09. The van der Waals surface area contributed by atoms with Crippen LogP contribution in [0, 0.1) is 0 Å². The highest BCUT2D eigenvalue weighted by molar-refractivity contribution is 7.16. The van der Waals surface area contributed by atoms with Crippen LogP contribution in [0.15, 0.2) is 36.1 Å². The van der Waals surface area contributed by atoms with Gasteiger partial charge in [0.05, 0.1) is 27.5 Å². The Balaban J connectivity index is 1.41. The predicted molar refractivity (Wildman–Crippen MR) is 98.7 cm³/mol. The van der Waals surface area contributed by atoms with E-state index in [1.54, 1.807) is 28.4 Å². The zero-order chi connectivity index (χ0) is 17.4. The molecule has 25 heavy (non-hydrogen) atoms. The summed E-state index contributed by atoms with van der Waals surface area (Å²) < 4.78 is 2.89. The fourth-order valence-electron chi connectivity index (χ4n) is 3.37. The van der Waals surface area contributed by atoms with Gasteiger partial charge in [0.1, 0.15) is 0 Å². The Bertz CT molecular complexity index is 894. The Morgan fingerprint density at radius 2 is 2.04 bits per heavy atom. The van der Waals surface area contributed by atoms with Crippen LogP contribution in [0.25, 0.3) is 10.2 Å². The molecule has 0 bridgehead atoms. The Labute approximate surface area is 150 Å². The van der Waals surface area contributed by atoms with Crippen LogP contribution in [-0.2, 0) is 7.05 Å². The van der Waals surface area contributed by atoms with Crippen LogP contribution < -0.4 is 0 Å². The minimum atomic E-state index is 0.0734. The highest BCUT2D eigenvalue weighted by atomic mass is 32.1. The molecule has 3 heterocycles. The molecule has 3 aromatic rings. The third kappa shape index (κ3) is 3.17. The maximum Gasteiger partial charge on any atom is 0.257 e. The number of amides is 1. The zero-order valence-electron chi connectivity index (χ0n) is 14.4. The second kappa shape index (κ2) is 6.57. The number of aromatic nitrogens is 3. The van der Waals surface area contributed by atoms with Crippen LogP contribution in [0.2, 0.25) is 0 Å². The number of hydrogen-bond acceptors (Lipinski definition) is 5. The molecule has 6 nitrogen and oxygen atoms in total. The van der Waals surface area contributed by atoms with Crippen molar-refractivity contribution in [3.8, 4) is 0 Å². The second-order valence-corrected chi connectivity index (χ2v) is 7.37. The number of carbonyl (C=O) groups excluding carboxylic acids is 1. The number of piperazine rings is 1. The first-order chi connectivity index (χ1) is 12.1. The van der Waals surface area contributed by atoms with E-state index in [0.29, 0.717) is 11.6 Å². The van der Waals surface area contributed by atoms with Crippen LogP contribution in [0.3, 0.4) is 0 Å². The van der Waals surface area contributed by atoms with Crippen molar-refractivity contribution < 1.29 is 4.79 Å². The van der Waals surface area contributed by atoms with Gasteiger partial charge in [0.25, 0.3) is 5.91 Å². The minimum absolute atomic E-state index is 0.0734. The van der Waals surface area contributed by atoms with Crippen molar-refractivity contribution in [3.63, 3.8) is 0 Å². The van der Waals surface area contributed by atoms with E-state index in [4.69, 9.17) is 0 Å². The van der Waals surface area contributed by atoms with Crippen molar-refractivity contribution in [2.45, 2.75) is 13.0 Å². The summed E-state index contributed by atoms with van der Waals surface area (Å²) in [6, 6.07) is 6.85. The fourth-order valence-corrected chi connectivity index (χ4v) is 4.03. The van der Waals surface area contributed by atoms with Gasteiger partial charge in [-0.2, -0.15) is 5.10 Å². The van der Waals surface area contributed by atoms with Gasteiger partial charge in [-0.15, -0.1) is 11.3 Å². The summed E-state index contributed by atoms with van der Waals surface area (Å²) in [5.74, 6) is 0.0734. The van der Waals surface area contributed by atoms with E-state index in [2.05, 4.69) is 40.1 Å². The molecule has 4 rings (SSSR count). The molecule has 1 saturated heterocycles. The molecule has 0 spiro atoms. The quantitative estimate of drug-likeness (QED) is 0.725.